The number of rotatable bonds is 6. The van der Waals surface area contributed by atoms with Crippen molar-refractivity contribution in [3.05, 3.63) is 42.0 Å². The summed E-state index contributed by atoms with van der Waals surface area (Å²) in [4.78, 5) is 14.9. The molecule has 35 heavy (non-hydrogen) atoms. The largest absolute Gasteiger partial charge is 0.598 e. The SMILES string of the molecule is COc1ccc2ccccc2c1[C@H](N[S+]([O-])C(C)(C)C)C1CCN(C(=O)[C@H]2COC(C)(C)O2)CC1. The van der Waals surface area contributed by atoms with E-state index in [1.807, 2.05) is 57.7 Å². The highest BCUT2D eigenvalue weighted by Gasteiger charge is 2.42. The number of piperidine rings is 1. The van der Waals surface area contributed by atoms with E-state index in [9.17, 15) is 9.35 Å². The van der Waals surface area contributed by atoms with Crippen molar-refractivity contribution in [2.45, 2.75) is 70.1 Å². The smallest absolute Gasteiger partial charge is 0.254 e. The van der Waals surface area contributed by atoms with Crippen LogP contribution in [0.5, 0.6) is 5.75 Å². The lowest BCUT2D eigenvalue weighted by atomic mass is 9.83. The van der Waals surface area contributed by atoms with E-state index < -0.39 is 28.0 Å². The summed E-state index contributed by atoms with van der Waals surface area (Å²) >= 11 is -1.27. The summed E-state index contributed by atoms with van der Waals surface area (Å²) in [6.07, 6.45) is 1.02. The first-order chi connectivity index (χ1) is 16.5. The highest BCUT2D eigenvalue weighted by atomic mass is 32.2. The second-order valence-electron chi connectivity index (χ2n) is 10.9. The second kappa shape index (κ2) is 10.3. The molecule has 2 saturated heterocycles. The molecule has 1 amide bonds. The summed E-state index contributed by atoms with van der Waals surface area (Å²) in [6, 6.07) is 12.1. The summed E-state index contributed by atoms with van der Waals surface area (Å²) in [6.45, 7) is 11.1. The Morgan fingerprint density at radius 1 is 1.20 bits per heavy atom. The van der Waals surface area contributed by atoms with Gasteiger partial charge in [0.2, 0.25) is 0 Å². The molecule has 192 valence electrons. The number of fused-ring (bicyclic) bond motifs is 1. The molecule has 0 saturated carbocycles. The van der Waals surface area contributed by atoms with Gasteiger partial charge in [-0.25, -0.2) is 0 Å². The van der Waals surface area contributed by atoms with E-state index in [0.29, 0.717) is 13.1 Å². The third kappa shape index (κ3) is 5.78. The van der Waals surface area contributed by atoms with Gasteiger partial charge < -0.3 is 23.7 Å². The fourth-order valence-electron chi connectivity index (χ4n) is 4.92. The number of amides is 1. The number of likely N-dealkylation sites (tertiary alicyclic amines) is 1. The Kier molecular flexibility index (Phi) is 7.69. The van der Waals surface area contributed by atoms with Crippen molar-refractivity contribution in [1.82, 2.24) is 9.62 Å². The van der Waals surface area contributed by atoms with Crippen molar-refractivity contribution in [2.24, 2.45) is 5.92 Å². The minimum atomic E-state index is -1.27. The minimum Gasteiger partial charge on any atom is -0.598 e. The molecule has 3 atom stereocenters. The molecule has 4 rings (SSSR count). The topological polar surface area (TPSA) is 83.1 Å². The van der Waals surface area contributed by atoms with E-state index in [4.69, 9.17) is 14.2 Å². The Morgan fingerprint density at radius 2 is 1.89 bits per heavy atom. The van der Waals surface area contributed by atoms with E-state index in [-0.39, 0.29) is 24.5 Å². The second-order valence-corrected chi connectivity index (χ2v) is 12.9. The number of ether oxygens (including phenoxy) is 3. The van der Waals surface area contributed by atoms with Gasteiger partial charge in [-0.05, 0) is 70.2 Å². The van der Waals surface area contributed by atoms with Crippen LogP contribution < -0.4 is 9.46 Å². The van der Waals surface area contributed by atoms with Crippen LogP contribution in [0, 0.1) is 5.92 Å². The average Bonchev–Trinajstić information content (AvgIpc) is 3.20. The number of carbonyl (C=O) groups is 1. The van der Waals surface area contributed by atoms with E-state index in [1.165, 1.54) is 0 Å². The maximum Gasteiger partial charge on any atom is 0.254 e. The molecular weight excluding hydrogens is 464 g/mol. The van der Waals surface area contributed by atoms with Crippen molar-refractivity contribution < 1.29 is 23.6 Å². The molecule has 2 fully saturated rings. The van der Waals surface area contributed by atoms with Crippen molar-refractivity contribution in [1.29, 1.82) is 0 Å². The van der Waals surface area contributed by atoms with E-state index >= 15 is 0 Å². The maximum atomic E-state index is 13.3. The summed E-state index contributed by atoms with van der Waals surface area (Å²) in [5.74, 6) is 0.224. The Balaban J connectivity index is 1.60. The zero-order valence-electron chi connectivity index (χ0n) is 21.6. The zero-order valence-corrected chi connectivity index (χ0v) is 22.4. The molecule has 7 nitrogen and oxygen atoms in total. The summed E-state index contributed by atoms with van der Waals surface area (Å²) in [5, 5.41) is 2.21. The molecular formula is C27H38N2O5S. The summed E-state index contributed by atoms with van der Waals surface area (Å²) in [5.41, 5.74) is 1.03. The van der Waals surface area contributed by atoms with Crippen molar-refractivity contribution >= 4 is 28.0 Å². The van der Waals surface area contributed by atoms with E-state index in [0.717, 1.165) is 34.9 Å². The Hall–Kier alpha value is -1.84. The van der Waals surface area contributed by atoms with Crippen LogP contribution in [0.2, 0.25) is 0 Å². The molecule has 0 spiro atoms. The van der Waals surface area contributed by atoms with E-state index in [2.05, 4.69) is 22.9 Å². The third-order valence-corrected chi connectivity index (χ3v) is 8.44. The van der Waals surface area contributed by atoms with Gasteiger partial charge in [0.05, 0.1) is 19.8 Å². The number of nitrogens with zero attached hydrogens (tertiary/aromatic N) is 1. The standard InChI is InChI=1S/C27H38N2O5S/c1-26(2,3)35(31)28-24(23-20-10-8-7-9-18(20)11-12-21(23)32-6)19-13-15-29(16-14-19)25(30)22-17-33-27(4,5)34-22/h7-12,19,22,24,28H,13-17H2,1-6H3/t22-,24-,35?/m1/s1. The van der Waals surface area contributed by atoms with Crippen LogP contribution in [0.1, 0.15) is 59.1 Å². The van der Waals surface area contributed by atoms with Gasteiger partial charge in [-0.1, -0.05) is 30.3 Å². The number of carbonyl (C=O) groups excluding carboxylic acids is 1. The van der Waals surface area contributed by atoms with Gasteiger partial charge >= 0.3 is 0 Å². The average molecular weight is 503 g/mol. The van der Waals surface area contributed by atoms with Crippen LogP contribution in [0.25, 0.3) is 10.8 Å². The monoisotopic (exact) mass is 502 g/mol. The van der Waals surface area contributed by atoms with Crippen LogP contribution in [0.4, 0.5) is 0 Å². The first-order valence-corrected chi connectivity index (χ1v) is 13.5. The first-order valence-electron chi connectivity index (χ1n) is 12.3. The Labute approximate surface area is 211 Å². The van der Waals surface area contributed by atoms with Gasteiger partial charge in [-0.2, -0.15) is 0 Å². The third-order valence-electron chi connectivity index (χ3n) is 6.86. The zero-order chi connectivity index (χ0) is 25.4. The van der Waals surface area contributed by atoms with Crippen LogP contribution in [0.15, 0.2) is 36.4 Å². The van der Waals surface area contributed by atoms with Gasteiger partial charge in [0.25, 0.3) is 5.91 Å². The first kappa shape index (κ1) is 26.2. The van der Waals surface area contributed by atoms with E-state index in [1.54, 1.807) is 7.11 Å². The highest BCUT2D eigenvalue weighted by Crippen LogP contribution is 2.41. The predicted octanol–water partition coefficient (Wildman–Crippen LogP) is 4.33. The fourth-order valence-corrected chi connectivity index (χ4v) is 5.82. The van der Waals surface area contributed by atoms with Gasteiger partial charge in [0, 0.05) is 30.0 Å². The molecule has 2 aromatic rings. The lowest BCUT2D eigenvalue weighted by Gasteiger charge is -2.39. The molecule has 1 N–H and O–H groups in total. The number of benzene rings is 2. The minimum absolute atomic E-state index is 0.0143. The van der Waals surface area contributed by atoms with Crippen LogP contribution in [-0.2, 0) is 25.6 Å². The molecule has 1 unspecified atom stereocenters. The van der Waals surface area contributed by atoms with Crippen LogP contribution in [0.3, 0.4) is 0 Å². The molecule has 0 aromatic heterocycles. The quantitative estimate of drug-likeness (QED) is 0.592. The summed E-state index contributed by atoms with van der Waals surface area (Å²) in [7, 11) is 1.68. The number of hydrogen-bond donors (Lipinski definition) is 1. The van der Waals surface area contributed by atoms with Crippen molar-refractivity contribution in [3.8, 4) is 5.75 Å². The molecule has 2 aliphatic heterocycles. The molecule has 2 aliphatic rings. The highest BCUT2D eigenvalue weighted by molar-refractivity contribution is 7.90. The van der Waals surface area contributed by atoms with Crippen molar-refractivity contribution in [2.75, 3.05) is 26.8 Å². The number of methoxy groups -OCH3 is 1. The normalized spacial score (nSPS) is 22.8. The maximum absolute atomic E-state index is 13.3. The van der Waals surface area contributed by atoms with Gasteiger partial charge in [0.1, 0.15) is 10.5 Å². The Bertz CT molecular complexity index is 1050. The predicted molar refractivity (Wildman–Crippen MR) is 138 cm³/mol. The van der Waals surface area contributed by atoms with Gasteiger partial charge in [-0.15, -0.1) is 4.72 Å². The molecule has 0 aliphatic carbocycles. The molecule has 0 radical (unpaired) electrons. The summed E-state index contributed by atoms with van der Waals surface area (Å²) < 4.78 is 33.5. The van der Waals surface area contributed by atoms with Gasteiger partial charge in [-0.3, -0.25) is 4.79 Å². The molecule has 2 heterocycles. The molecule has 0 bridgehead atoms. The Morgan fingerprint density at radius 3 is 2.49 bits per heavy atom. The number of hydrogen-bond acceptors (Lipinski definition) is 6. The van der Waals surface area contributed by atoms with Crippen LogP contribution in [-0.4, -0.2) is 58.8 Å². The molecule has 8 heteroatoms. The fraction of sp³-hybridized carbons (Fsp3) is 0.593. The lowest BCUT2D eigenvalue weighted by molar-refractivity contribution is -0.161. The van der Waals surface area contributed by atoms with Crippen molar-refractivity contribution in [3.63, 3.8) is 0 Å². The number of nitrogens with one attached hydrogen (secondary N) is 1. The lowest BCUT2D eigenvalue weighted by Crippen LogP contribution is -2.48. The molecule has 2 aromatic carbocycles. The van der Waals surface area contributed by atoms with Gasteiger partial charge in [0.15, 0.2) is 11.9 Å². The van der Waals surface area contributed by atoms with Crippen LogP contribution >= 0.6 is 0 Å².